The fourth-order valence-electron chi connectivity index (χ4n) is 1.14. The second-order valence-electron chi connectivity index (χ2n) is 2.79. The first kappa shape index (κ1) is 9.19. The van der Waals surface area contributed by atoms with Crippen LogP contribution in [0.15, 0.2) is 6.33 Å². The lowest BCUT2D eigenvalue weighted by molar-refractivity contribution is 0.496. The molecular formula is C8H16N4. The maximum Gasteiger partial charge on any atom is 0.141 e. The van der Waals surface area contributed by atoms with Gasteiger partial charge >= 0.3 is 0 Å². The highest BCUT2D eigenvalue weighted by Gasteiger charge is 2.09. The number of nitrogens with zero attached hydrogens (tertiary/aromatic N) is 2. The van der Waals surface area contributed by atoms with E-state index in [-0.39, 0.29) is 0 Å². The van der Waals surface area contributed by atoms with Crippen LogP contribution in [0.3, 0.4) is 0 Å². The SMILES string of the molecule is CCCNC(CC)c1ncn[nH]1. The molecule has 1 aromatic heterocycles. The summed E-state index contributed by atoms with van der Waals surface area (Å²) < 4.78 is 0. The third-order valence-corrected chi connectivity index (χ3v) is 1.81. The minimum atomic E-state index is 0.326. The summed E-state index contributed by atoms with van der Waals surface area (Å²) >= 11 is 0. The van der Waals surface area contributed by atoms with E-state index in [2.05, 4.69) is 34.3 Å². The Labute approximate surface area is 72.8 Å². The summed E-state index contributed by atoms with van der Waals surface area (Å²) in [7, 11) is 0. The third kappa shape index (κ3) is 2.30. The van der Waals surface area contributed by atoms with Gasteiger partial charge in [0, 0.05) is 0 Å². The van der Waals surface area contributed by atoms with Gasteiger partial charge < -0.3 is 5.32 Å². The average Bonchev–Trinajstić information content (AvgIpc) is 2.59. The molecule has 0 bridgehead atoms. The summed E-state index contributed by atoms with van der Waals surface area (Å²) in [4.78, 5) is 4.11. The molecule has 4 nitrogen and oxygen atoms in total. The topological polar surface area (TPSA) is 53.6 Å². The van der Waals surface area contributed by atoms with Crippen LogP contribution < -0.4 is 5.32 Å². The molecule has 4 heteroatoms. The molecule has 0 aliphatic carbocycles. The van der Waals surface area contributed by atoms with E-state index < -0.39 is 0 Å². The summed E-state index contributed by atoms with van der Waals surface area (Å²) in [5, 5.41) is 10.1. The van der Waals surface area contributed by atoms with Gasteiger partial charge in [0.1, 0.15) is 12.2 Å². The highest BCUT2D eigenvalue weighted by Crippen LogP contribution is 2.09. The van der Waals surface area contributed by atoms with E-state index in [9.17, 15) is 0 Å². The van der Waals surface area contributed by atoms with Crippen LogP contribution in [0.5, 0.6) is 0 Å². The smallest absolute Gasteiger partial charge is 0.141 e. The largest absolute Gasteiger partial charge is 0.307 e. The van der Waals surface area contributed by atoms with Crippen LogP contribution in [-0.2, 0) is 0 Å². The minimum Gasteiger partial charge on any atom is -0.307 e. The van der Waals surface area contributed by atoms with Crippen LogP contribution in [-0.4, -0.2) is 21.7 Å². The Morgan fingerprint density at radius 2 is 2.42 bits per heavy atom. The molecule has 1 rings (SSSR count). The number of nitrogens with one attached hydrogen (secondary N) is 2. The van der Waals surface area contributed by atoms with Crippen LogP contribution in [0, 0.1) is 0 Å². The van der Waals surface area contributed by atoms with Gasteiger partial charge in [0.2, 0.25) is 0 Å². The van der Waals surface area contributed by atoms with Crippen molar-refractivity contribution in [1.82, 2.24) is 20.5 Å². The summed E-state index contributed by atoms with van der Waals surface area (Å²) in [5.74, 6) is 0.936. The summed E-state index contributed by atoms with van der Waals surface area (Å²) in [5.41, 5.74) is 0. The van der Waals surface area contributed by atoms with Gasteiger partial charge in [-0.25, -0.2) is 4.98 Å². The van der Waals surface area contributed by atoms with E-state index in [1.165, 1.54) is 0 Å². The Hall–Kier alpha value is -0.900. The Balaban J connectivity index is 2.45. The van der Waals surface area contributed by atoms with Crippen molar-refractivity contribution in [3.8, 4) is 0 Å². The zero-order valence-corrected chi connectivity index (χ0v) is 7.67. The maximum absolute atomic E-state index is 4.11. The molecule has 0 saturated carbocycles. The van der Waals surface area contributed by atoms with Gasteiger partial charge in [-0.05, 0) is 19.4 Å². The second-order valence-corrected chi connectivity index (χ2v) is 2.79. The number of hydrogen-bond acceptors (Lipinski definition) is 3. The number of aromatic nitrogens is 3. The lowest BCUT2D eigenvalue weighted by Gasteiger charge is -2.12. The summed E-state index contributed by atoms with van der Waals surface area (Å²) in [6, 6.07) is 0.326. The molecule has 1 unspecified atom stereocenters. The maximum atomic E-state index is 4.11. The molecule has 0 aliphatic rings. The third-order valence-electron chi connectivity index (χ3n) is 1.81. The van der Waals surface area contributed by atoms with Crippen molar-refractivity contribution in [2.75, 3.05) is 6.54 Å². The lowest BCUT2D eigenvalue weighted by Crippen LogP contribution is -2.22. The molecule has 68 valence electrons. The van der Waals surface area contributed by atoms with Gasteiger partial charge in [0.15, 0.2) is 0 Å². The molecule has 1 heterocycles. The van der Waals surface area contributed by atoms with Crippen LogP contribution >= 0.6 is 0 Å². The van der Waals surface area contributed by atoms with Gasteiger partial charge in [0.25, 0.3) is 0 Å². The van der Waals surface area contributed by atoms with Crippen molar-refractivity contribution in [1.29, 1.82) is 0 Å². The molecule has 1 aromatic rings. The quantitative estimate of drug-likeness (QED) is 0.695. The molecule has 2 N–H and O–H groups in total. The number of hydrogen-bond donors (Lipinski definition) is 2. The standard InChI is InChI=1S/C8H16N4/c1-3-5-9-7(4-2)8-10-6-11-12-8/h6-7,9H,3-5H2,1-2H3,(H,10,11,12). The molecule has 0 aliphatic heterocycles. The van der Waals surface area contributed by atoms with Gasteiger partial charge in [-0.3, -0.25) is 5.10 Å². The molecule has 12 heavy (non-hydrogen) atoms. The predicted molar refractivity (Wildman–Crippen MR) is 47.7 cm³/mol. The highest BCUT2D eigenvalue weighted by molar-refractivity contribution is 4.90. The minimum absolute atomic E-state index is 0.326. The Morgan fingerprint density at radius 1 is 1.58 bits per heavy atom. The fraction of sp³-hybridized carbons (Fsp3) is 0.750. The molecule has 1 atom stereocenters. The lowest BCUT2D eigenvalue weighted by atomic mass is 10.2. The Bertz CT molecular complexity index is 195. The zero-order valence-electron chi connectivity index (χ0n) is 7.67. The summed E-state index contributed by atoms with van der Waals surface area (Å²) in [6.07, 6.45) is 3.73. The van der Waals surface area contributed by atoms with Crippen LogP contribution in [0.4, 0.5) is 0 Å². The molecular weight excluding hydrogens is 152 g/mol. The van der Waals surface area contributed by atoms with Crippen molar-refractivity contribution < 1.29 is 0 Å². The number of rotatable bonds is 5. The Morgan fingerprint density at radius 3 is 2.92 bits per heavy atom. The van der Waals surface area contributed by atoms with Crippen molar-refractivity contribution in [3.63, 3.8) is 0 Å². The Kier molecular flexibility index (Phi) is 3.73. The van der Waals surface area contributed by atoms with Gasteiger partial charge in [-0.2, -0.15) is 5.10 Å². The first-order chi connectivity index (χ1) is 5.88. The van der Waals surface area contributed by atoms with E-state index in [1.54, 1.807) is 6.33 Å². The fourth-order valence-corrected chi connectivity index (χ4v) is 1.14. The van der Waals surface area contributed by atoms with E-state index in [0.717, 1.165) is 25.2 Å². The molecule has 0 spiro atoms. The van der Waals surface area contributed by atoms with Gasteiger partial charge in [0.05, 0.1) is 6.04 Å². The normalized spacial score (nSPS) is 13.2. The van der Waals surface area contributed by atoms with Crippen LogP contribution in [0.1, 0.15) is 38.6 Å². The van der Waals surface area contributed by atoms with Crippen molar-refractivity contribution in [2.45, 2.75) is 32.7 Å². The molecule has 0 fully saturated rings. The van der Waals surface area contributed by atoms with Gasteiger partial charge in [-0.1, -0.05) is 13.8 Å². The zero-order chi connectivity index (χ0) is 8.81. The number of aromatic amines is 1. The van der Waals surface area contributed by atoms with E-state index in [0.29, 0.717) is 6.04 Å². The highest BCUT2D eigenvalue weighted by atomic mass is 15.2. The van der Waals surface area contributed by atoms with Crippen molar-refractivity contribution in [2.24, 2.45) is 0 Å². The monoisotopic (exact) mass is 168 g/mol. The molecule has 0 amide bonds. The van der Waals surface area contributed by atoms with Crippen LogP contribution in [0.25, 0.3) is 0 Å². The first-order valence-corrected chi connectivity index (χ1v) is 4.47. The molecule has 0 radical (unpaired) electrons. The first-order valence-electron chi connectivity index (χ1n) is 4.47. The number of H-pyrrole nitrogens is 1. The second kappa shape index (κ2) is 4.87. The van der Waals surface area contributed by atoms with Crippen LogP contribution in [0.2, 0.25) is 0 Å². The van der Waals surface area contributed by atoms with Crippen molar-refractivity contribution >= 4 is 0 Å². The predicted octanol–water partition coefficient (Wildman–Crippen LogP) is 1.26. The van der Waals surface area contributed by atoms with E-state index >= 15 is 0 Å². The van der Waals surface area contributed by atoms with E-state index in [4.69, 9.17) is 0 Å². The molecule has 0 aromatic carbocycles. The summed E-state index contributed by atoms with van der Waals surface area (Å²) in [6.45, 7) is 5.31. The average molecular weight is 168 g/mol. The molecule has 0 saturated heterocycles. The van der Waals surface area contributed by atoms with Crippen molar-refractivity contribution in [3.05, 3.63) is 12.2 Å². The van der Waals surface area contributed by atoms with Gasteiger partial charge in [-0.15, -0.1) is 0 Å². The van der Waals surface area contributed by atoms with E-state index in [1.807, 2.05) is 0 Å².